The molecule has 0 bridgehead atoms. The van der Waals surface area contributed by atoms with Crippen LogP contribution in [0.3, 0.4) is 0 Å². The third kappa shape index (κ3) is 2.80. The maximum absolute atomic E-state index is 12.4. The summed E-state index contributed by atoms with van der Waals surface area (Å²) in [5.41, 5.74) is 3.22. The molecule has 3 heterocycles. The highest BCUT2D eigenvalue weighted by atomic mass is 16.1. The quantitative estimate of drug-likeness (QED) is 0.803. The number of pyridine rings is 1. The maximum Gasteiger partial charge on any atom is 0.255 e. The van der Waals surface area contributed by atoms with E-state index in [1.54, 1.807) is 24.5 Å². The van der Waals surface area contributed by atoms with Gasteiger partial charge < -0.3 is 9.88 Å². The van der Waals surface area contributed by atoms with Crippen molar-refractivity contribution in [3.8, 4) is 11.3 Å². The van der Waals surface area contributed by atoms with Gasteiger partial charge in [-0.25, -0.2) is 4.98 Å². The minimum absolute atomic E-state index is 0.145. The monoisotopic (exact) mass is 318 g/mol. The van der Waals surface area contributed by atoms with Crippen molar-refractivity contribution in [2.45, 2.75) is 25.8 Å². The first kappa shape index (κ1) is 14.6. The molecule has 24 heavy (non-hydrogen) atoms. The van der Waals surface area contributed by atoms with Gasteiger partial charge in [0.05, 0.1) is 11.4 Å². The van der Waals surface area contributed by atoms with Crippen LogP contribution in [0.1, 0.15) is 29.0 Å². The molecule has 0 saturated carbocycles. The zero-order chi connectivity index (χ0) is 16.4. The normalized spacial score (nSPS) is 13.3. The fraction of sp³-hybridized carbons (Fsp3) is 0.211. The van der Waals surface area contributed by atoms with E-state index in [2.05, 4.69) is 21.1 Å². The molecule has 1 aromatic carbocycles. The largest absolute Gasteiger partial charge is 0.334 e. The lowest BCUT2D eigenvalue weighted by Crippen LogP contribution is -2.12. The molecule has 1 aliphatic heterocycles. The third-order valence-corrected chi connectivity index (χ3v) is 4.30. The van der Waals surface area contributed by atoms with Crippen LogP contribution >= 0.6 is 0 Å². The molecule has 0 saturated heterocycles. The Morgan fingerprint density at radius 2 is 1.92 bits per heavy atom. The number of hydrogen-bond acceptors (Lipinski definition) is 3. The van der Waals surface area contributed by atoms with Gasteiger partial charge in [-0.05, 0) is 31.0 Å². The van der Waals surface area contributed by atoms with Crippen LogP contribution in [-0.4, -0.2) is 20.4 Å². The average molecular weight is 318 g/mol. The Kier molecular flexibility index (Phi) is 3.83. The van der Waals surface area contributed by atoms with Crippen molar-refractivity contribution < 1.29 is 4.79 Å². The number of nitrogens with zero attached hydrogens (tertiary/aromatic N) is 3. The number of fused-ring (bicyclic) bond motifs is 1. The number of anilines is 1. The van der Waals surface area contributed by atoms with Crippen LogP contribution in [0.25, 0.3) is 11.3 Å². The Morgan fingerprint density at radius 1 is 1.08 bits per heavy atom. The van der Waals surface area contributed by atoms with Crippen LogP contribution in [0.15, 0.2) is 55.0 Å². The molecule has 120 valence electrons. The predicted molar refractivity (Wildman–Crippen MR) is 92.8 cm³/mol. The molecule has 4 rings (SSSR count). The number of aromatic nitrogens is 3. The van der Waals surface area contributed by atoms with E-state index in [-0.39, 0.29) is 5.91 Å². The van der Waals surface area contributed by atoms with Crippen LogP contribution < -0.4 is 5.32 Å². The minimum atomic E-state index is -0.145. The van der Waals surface area contributed by atoms with Gasteiger partial charge in [-0.3, -0.25) is 9.78 Å². The highest BCUT2D eigenvalue weighted by molar-refractivity contribution is 6.06. The fourth-order valence-corrected chi connectivity index (χ4v) is 3.06. The van der Waals surface area contributed by atoms with Gasteiger partial charge in [0.1, 0.15) is 5.82 Å². The second-order valence-corrected chi connectivity index (χ2v) is 5.93. The summed E-state index contributed by atoms with van der Waals surface area (Å²) in [6.45, 7) is 1.02. The molecule has 0 atom stereocenters. The molecule has 3 aromatic rings. The number of carbonyl (C=O) groups is 1. The highest BCUT2D eigenvalue weighted by Crippen LogP contribution is 2.29. The minimum Gasteiger partial charge on any atom is -0.334 e. The molecule has 1 aliphatic rings. The molecular weight excluding hydrogens is 300 g/mol. The Hall–Kier alpha value is -2.95. The summed E-state index contributed by atoms with van der Waals surface area (Å²) < 4.78 is 2.22. The van der Waals surface area contributed by atoms with E-state index >= 15 is 0 Å². The molecule has 5 heteroatoms. The maximum atomic E-state index is 12.4. The van der Waals surface area contributed by atoms with Gasteiger partial charge in [0.2, 0.25) is 0 Å². The molecule has 0 aliphatic carbocycles. The van der Waals surface area contributed by atoms with Crippen LogP contribution in [-0.2, 0) is 13.0 Å². The van der Waals surface area contributed by atoms with Crippen molar-refractivity contribution in [3.05, 3.63) is 66.4 Å². The predicted octanol–water partition coefficient (Wildman–Crippen LogP) is 3.53. The molecule has 5 nitrogen and oxygen atoms in total. The molecule has 2 aromatic heterocycles. The van der Waals surface area contributed by atoms with E-state index in [9.17, 15) is 4.79 Å². The van der Waals surface area contributed by atoms with Crippen molar-refractivity contribution in [3.63, 3.8) is 0 Å². The molecule has 1 N–H and O–H groups in total. The highest BCUT2D eigenvalue weighted by Gasteiger charge is 2.16. The van der Waals surface area contributed by atoms with Crippen LogP contribution in [0.2, 0.25) is 0 Å². The van der Waals surface area contributed by atoms with Crippen molar-refractivity contribution in [2.75, 3.05) is 5.32 Å². The summed E-state index contributed by atoms with van der Waals surface area (Å²) in [7, 11) is 0. The van der Waals surface area contributed by atoms with E-state index in [0.717, 1.165) is 35.7 Å². The average Bonchev–Trinajstić information content (AvgIpc) is 3.07. The first-order chi connectivity index (χ1) is 11.8. The first-order valence-electron chi connectivity index (χ1n) is 8.18. The lowest BCUT2D eigenvalue weighted by atomic mass is 10.1. The number of rotatable bonds is 3. The molecule has 0 unspecified atom stereocenters. The summed E-state index contributed by atoms with van der Waals surface area (Å²) in [4.78, 5) is 21.1. The summed E-state index contributed by atoms with van der Waals surface area (Å²) in [5.74, 6) is 0.986. The van der Waals surface area contributed by atoms with E-state index in [1.807, 2.05) is 24.3 Å². The summed E-state index contributed by atoms with van der Waals surface area (Å²) >= 11 is 0. The Balaban J connectivity index is 1.66. The fourth-order valence-electron chi connectivity index (χ4n) is 3.06. The van der Waals surface area contributed by atoms with Crippen molar-refractivity contribution in [2.24, 2.45) is 0 Å². The van der Waals surface area contributed by atoms with E-state index in [1.165, 1.54) is 12.8 Å². The summed E-state index contributed by atoms with van der Waals surface area (Å²) in [5, 5.41) is 2.99. The zero-order valence-corrected chi connectivity index (χ0v) is 13.3. The van der Waals surface area contributed by atoms with Gasteiger partial charge in [0, 0.05) is 42.7 Å². The van der Waals surface area contributed by atoms with E-state index in [4.69, 9.17) is 4.98 Å². The Labute approximate surface area is 140 Å². The summed E-state index contributed by atoms with van der Waals surface area (Å²) in [6.07, 6.45) is 8.73. The molecule has 0 fully saturated rings. The number of carbonyl (C=O) groups excluding carboxylic acids is 1. The van der Waals surface area contributed by atoms with Crippen molar-refractivity contribution >= 4 is 11.6 Å². The standard InChI is InChI=1S/C19H18N4O/c24-19(14-8-10-20-11-9-14)22-16-6-2-1-5-15(16)17-13-23-12-4-3-7-18(23)21-17/h1-2,5-6,8-11,13H,3-4,7,12H2,(H,22,24). The van der Waals surface area contributed by atoms with Gasteiger partial charge in [0.25, 0.3) is 5.91 Å². The molecule has 0 radical (unpaired) electrons. The van der Waals surface area contributed by atoms with Gasteiger partial charge >= 0.3 is 0 Å². The van der Waals surface area contributed by atoms with Gasteiger partial charge in [-0.1, -0.05) is 18.2 Å². The number of imidazole rings is 1. The first-order valence-corrected chi connectivity index (χ1v) is 8.18. The molecular formula is C19H18N4O. The third-order valence-electron chi connectivity index (χ3n) is 4.30. The van der Waals surface area contributed by atoms with Gasteiger partial charge in [-0.2, -0.15) is 0 Å². The van der Waals surface area contributed by atoms with E-state index < -0.39 is 0 Å². The lowest BCUT2D eigenvalue weighted by molar-refractivity contribution is 0.102. The molecule has 1 amide bonds. The zero-order valence-electron chi connectivity index (χ0n) is 13.3. The second-order valence-electron chi connectivity index (χ2n) is 5.93. The number of aryl methyl sites for hydroxylation is 2. The van der Waals surface area contributed by atoms with Gasteiger partial charge in [0.15, 0.2) is 0 Å². The number of para-hydroxylation sites is 1. The summed E-state index contributed by atoms with van der Waals surface area (Å²) in [6, 6.07) is 11.2. The smallest absolute Gasteiger partial charge is 0.255 e. The lowest BCUT2D eigenvalue weighted by Gasteiger charge is -2.11. The van der Waals surface area contributed by atoms with Crippen LogP contribution in [0, 0.1) is 0 Å². The topological polar surface area (TPSA) is 59.8 Å². The number of amides is 1. The van der Waals surface area contributed by atoms with Crippen LogP contribution in [0.4, 0.5) is 5.69 Å². The van der Waals surface area contributed by atoms with Crippen LogP contribution in [0.5, 0.6) is 0 Å². The van der Waals surface area contributed by atoms with Gasteiger partial charge in [-0.15, -0.1) is 0 Å². The molecule has 0 spiro atoms. The number of benzene rings is 1. The van der Waals surface area contributed by atoms with E-state index in [0.29, 0.717) is 5.56 Å². The van der Waals surface area contributed by atoms with Crippen molar-refractivity contribution in [1.29, 1.82) is 0 Å². The number of nitrogens with one attached hydrogen (secondary N) is 1. The van der Waals surface area contributed by atoms with Crippen molar-refractivity contribution in [1.82, 2.24) is 14.5 Å². The Morgan fingerprint density at radius 3 is 2.75 bits per heavy atom. The second kappa shape index (κ2) is 6.28. The SMILES string of the molecule is O=C(Nc1ccccc1-c1cn2c(n1)CCCC2)c1ccncc1. The Bertz CT molecular complexity index is 847. The number of hydrogen-bond donors (Lipinski definition) is 1.